The number of carbonyl (C=O) groups is 1. The number of rotatable bonds is 3. The van der Waals surface area contributed by atoms with E-state index in [9.17, 15) is 13.6 Å². The van der Waals surface area contributed by atoms with Crippen LogP contribution >= 0.6 is 0 Å². The van der Waals surface area contributed by atoms with E-state index < -0.39 is 12.4 Å². The minimum atomic E-state index is -2.64. The average Bonchev–Trinajstić information content (AvgIpc) is 2.71. The van der Waals surface area contributed by atoms with Gasteiger partial charge >= 0.3 is 5.97 Å². The van der Waals surface area contributed by atoms with Gasteiger partial charge in [-0.1, -0.05) is 24.3 Å². The highest BCUT2D eigenvalue weighted by molar-refractivity contribution is 5.87. The number of benzene rings is 1. The molecule has 1 aromatic carbocycles. The first-order valence-electron chi connectivity index (χ1n) is 5.18. The van der Waals surface area contributed by atoms with Crippen LogP contribution in [0.15, 0.2) is 24.3 Å². The maximum Gasteiger partial charge on any atom is 0.356 e. The highest BCUT2D eigenvalue weighted by Crippen LogP contribution is 2.29. The van der Waals surface area contributed by atoms with Crippen molar-refractivity contribution in [3.63, 3.8) is 0 Å². The molecule has 0 aliphatic rings. The van der Waals surface area contributed by atoms with Gasteiger partial charge in [-0.25, -0.2) is 18.6 Å². The Morgan fingerprint density at radius 1 is 1.39 bits per heavy atom. The zero-order valence-electron chi connectivity index (χ0n) is 9.45. The molecule has 0 saturated carbocycles. The second kappa shape index (κ2) is 4.56. The lowest BCUT2D eigenvalue weighted by Gasteiger charge is -2.05. The molecule has 2 rings (SSSR count). The summed E-state index contributed by atoms with van der Waals surface area (Å²) in [5, 5.41) is 8.87. The van der Waals surface area contributed by atoms with Crippen molar-refractivity contribution in [1.29, 1.82) is 0 Å². The number of hydrogen-bond acceptors (Lipinski definition) is 2. The predicted molar refractivity (Wildman–Crippen MR) is 60.7 cm³/mol. The topological polar surface area (TPSA) is 66.0 Å². The summed E-state index contributed by atoms with van der Waals surface area (Å²) in [6.45, 7) is 1.53. The first-order valence-corrected chi connectivity index (χ1v) is 5.18. The second-order valence-corrected chi connectivity index (χ2v) is 3.75. The Hall–Kier alpha value is -2.24. The van der Waals surface area contributed by atoms with Gasteiger partial charge in [0.1, 0.15) is 5.82 Å². The standard InChI is InChI=1S/C12H10F2N2O2/c1-6-9(12(17)18)16-11(15-6)8-5-3-2-4-7(8)10(13)14/h2-5,10H,1H3,(H,15,16)(H,17,18). The molecule has 18 heavy (non-hydrogen) atoms. The molecular weight excluding hydrogens is 242 g/mol. The third-order valence-electron chi connectivity index (χ3n) is 2.54. The van der Waals surface area contributed by atoms with Crippen molar-refractivity contribution >= 4 is 5.97 Å². The molecule has 1 heterocycles. The maximum atomic E-state index is 12.8. The van der Waals surface area contributed by atoms with Gasteiger partial charge in [0, 0.05) is 16.8 Å². The van der Waals surface area contributed by atoms with E-state index >= 15 is 0 Å². The van der Waals surface area contributed by atoms with Crippen LogP contribution in [0.1, 0.15) is 28.2 Å². The van der Waals surface area contributed by atoms with Gasteiger partial charge in [0.2, 0.25) is 0 Å². The Morgan fingerprint density at radius 2 is 2.06 bits per heavy atom. The van der Waals surface area contributed by atoms with Crippen molar-refractivity contribution in [2.75, 3.05) is 0 Å². The van der Waals surface area contributed by atoms with Gasteiger partial charge in [0.15, 0.2) is 5.69 Å². The van der Waals surface area contributed by atoms with E-state index in [2.05, 4.69) is 9.97 Å². The number of aromatic nitrogens is 2. The van der Waals surface area contributed by atoms with Gasteiger partial charge in [0.25, 0.3) is 6.43 Å². The number of nitrogens with one attached hydrogen (secondary N) is 1. The number of carboxylic acids is 1. The lowest BCUT2D eigenvalue weighted by Crippen LogP contribution is -1.98. The number of H-pyrrole nitrogens is 1. The lowest BCUT2D eigenvalue weighted by atomic mass is 10.1. The lowest BCUT2D eigenvalue weighted by molar-refractivity contribution is 0.0690. The third-order valence-corrected chi connectivity index (χ3v) is 2.54. The molecule has 2 N–H and O–H groups in total. The molecule has 0 spiro atoms. The van der Waals surface area contributed by atoms with Crippen molar-refractivity contribution in [3.8, 4) is 11.4 Å². The van der Waals surface area contributed by atoms with Gasteiger partial charge in [-0.2, -0.15) is 0 Å². The van der Waals surface area contributed by atoms with Crippen LogP contribution in [0.4, 0.5) is 8.78 Å². The number of alkyl halides is 2. The van der Waals surface area contributed by atoms with Crippen LogP contribution in [0.25, 0.3) is 11.4 Å². The molecule has 1 aromatic heterocycles. The molecule has 0 unspecified atom stereocenters. The quantitative estimate of drug-likeness (QED) is 0.882. The first kappa shape index (κ1) is 12.2. The van der Waals surface area contributed by atoms with Gasteiger partial charge < -0.3 is 10.1 Å². The van der Waals surface area contributed by atoms with Crippen molar-refractivity contribution in [3.05, 3.63) is 41.2 Å². The Labute approximate surface area is 101 Å². The Balaban J connectivity index is 2.56. The maximum absolute atomic E-state index is 12.8. The van der Waals surface area contributed by atoms with Crippen LogP contribution in [-0.2, 0) is 0 Å². The Morgan fingerprint density at radius 3 is 2.61 bits per heavy atom. The van der Waals surface area contributed by atoms with Crippen molar-refractivity contribution in [1.82, 2.24) is 9.97 Å². The molecule has 0 atom stereocenters. The fourth-order valence-corrected chi connectivity index (χ4v) is 1.70. The predicted octanol–water partition coefficient (Wildman–Crippen LogP) is 3.02. The fraction of sp³-hybridized carbons (Fsp3) is 0.167. The van der Waals surface area contributed by atoms with Gasteiger partial charge in [-0.3, -0.25) is 0 Å². The monoisotopic (exact) mass is 252 g/mol. The van der Waals surface area contributed by atoms with Gasteiger partial charge in [-0.05, 0) is 6.92 Å². The van der Waals surface area contributed by atoms with Crippen LogP contribution in [0.2, 0.25) is 0 Å². The van der Waals surface area contributed by atoms with E-state index in [1.807, 2.05) is 0 Å². The van der Waals surface area contributed by atoms with Crippen LogP contribution in [0.3, 0.4) is 0 Å². The summed E-state index contributed by atoms with van der Waals surface area (Å²) in [6.07, 6.45) is -2.64. The molecule has 0 aliphatic heterocycles. The summed E-state index contributed by atoms with van der Waals surface area (Å²) >= 11 is 0. The van der Waals surface area contributed by atoms with E-state index in [-0.39, 0.29) is 22.6 Å². The molecule has 0 amide bonds. The number of aromatic carboxylic acids is 1. The third kappa shape index (κ3) is 2.09. The van der Waals surface area contributed by atoms with Crippen LogP contribution < -0.4 is 0 Å². The molecule has 4 nitrogen and oxygen atoms in total. The molecule has 2 aromatic rings. The van der Waals surface area contributed by atoms with E-state index in [1.165, 1.54) is 25.1 Å². The summed E-state index contributed by atoms with van der Waals surface area (Å²) in [6, 6.07) is 5.86. The smallest absolute Gasteiger partial charge is 0.356 e. The summed E-state index contributed by atoms with van der Waals surface area (Å²) < 4.78 is 25.6. The summed E-state index contributed by atoms with van der Waals surface area (Å²) in [5.74, 6) is -1.05. The summed E-state index contributed by atoms with van der Waals surface area (Å²) in [5.41, 5.74) is 0.210. The van der Waals surface area contributed by atoms with Crippen molar-refractivity contribution < 1.29 is 18.7 Å². The number of imidazole rings is 1. The van der Waals surface area contributed by atoms with Crippen molar-refractivity contribution in [2.24, 2.45) is 0 Å². The minimum absolute atomic E-state index is 0.140. The van der Waals surface area contributed by atoms with E-state index in [0.29, 0.717) is 5.69 Å². The molecule has 94 valence electrons. The zero-order valence-corrected chi connectivity index (χ0v) is 9.45. The first-order chi connectivity index (χ1) is 8.50. The average molecular weight is 252 g/mol. The Kier molecular flexibility index (Phi) is 3.10. The normalized spacial score (nSPS) is 10.9. The molecule has 6 heteroatoms. The minimum Gasteiger partial charge on any atom is -0.476 e. The van der Waals surface area contributed by atoms with Gasteiger partial charge in [-0.15, -0.1) is 0 Å². The van der Waals surface area contributed by atoms with Gasteiger partial charge in [0.05, 0.1) is 0 Å². The number of aryl methyl sites for hydroxylation is 1. The molecular formula is C12H10F2N2O2. The molecule has 0 bridgehead atoms. The molecule has 0 radical (unpaired) electrons. The second-order valence-electron chi connectivity index (χ2n) is 3.75. The molecule has 0 saturated heterocycles. The van der Waals surface area contributed by atoms with E-state index in [1.54, 1.807) is 6.07 Å². The Bertz CT molecular complexity index is 594. The fourth-order valence-electron chi connectivity index (χ4n) is 1.70. The van der Waals surface area contributed by atoms with Crippen LogP contribution in [0, 0.1) is 6.92 Å². The number of halogens is 2. The largest absolute Gasteiger partial charge is 0.476 e. The van der Waals surface area contributed by atoms with E-state index in [4.69, 9.17) is 5.11 Å². The number of carboxylic acid groups (broad SMARTS) is 1. The number of aromatic amines is 1. The number of nitrogens with zero attached hydrogens (tertiary/aromatic N) is 1. The molecule has 0 fully saturated rings. The summed E-state index contributed by atoms with van der Waals surface area (Å²) in [4.78, 5) is 17.4. The zero-order chi connectivity index (χ0) is 13.3. The SMILES string of the molecule is Cc1[nH]c(-c2ccccc2C(F)F)nc1C(=O)O. The number of hydrogen-bond donors (Lipinski definition) is 2. The van der Waals surface area contributed by atoms with Crippen molar-refractivity contribution in [2.45, 2.75) is 13.3 Å². The van der Waals surface area contributed by atoms with Crippen LogP contribution in [0.5, 0.6) is 0 Å². The van der Waals surface area contributed by atoms with Crippen LogP contribution in [-0.4, -0.2) is 21.0 Å². The van der Waals surface area contributed by atoms with E-state index in [0.717, 1.165) is 0 Å². The molecule has 0 aliphatic carbocycles. The highest BCUT2D eigenvalue weighted by atomic mass is 19.3. The highest BCUT2D eigenvalue weighted by Gasteiger charge is 2.19. The summed E-state index contributed by atoms with van der Waals surface area (Å²) in [7, 11) is 0.